The van der Waals surface area contributed by atoms with Crippen molar-refractivity contribution in [3.8, 4) is 5.75 Å². The number of rotatable bonds is 5. The van der Waals surface area contributed by atoms with Gasteiger partial charge in [-0.3, -0.25) is 0 Å². The molecule has 0 amide bonds. The van der Waals surface area contributed by atoms with Crippen molar-refractivity contribution in [3.63, 3.8) is 0 Å². The summed E-state index contributed by atoms with van der Waals surface area (Å²) in [6.07, 6.45) is 2.11. The molecule has 0 saturated heterocycles. The van der Waals surface area contributed by atoms with E-state index in [4.69, 9.17) is 4.74 Å². The minimum absolute atomic E-state index is 0.391. The molecule has 0 radical (unpaired) electrons. The van der Waals surface area contributed by atoms with Crippen LogP contribution in [0.15, 0.2) is 42.5 Å². The highest BCUT2D eigenvalue weighted by Gasteiger charge is 2.12. The van der Waals surface area contributed by atoms with Gasteiger partial charge in [0.2, 0.25) is 0 Å². The smallest absolute Gasteiger partial charge is 0.122 e. The Labute approximate surface area is 127 Å². The number of fused-ring (bicyclic) bond motifs is 1. The predicted molar refractivity (Wildman–Crippen MR) is 86.9 cm³/mol. The number of aryl methyl sites for hydroxylation is 1. The lowest BCUT2D eigenvalue weighted by Crippen LogP contribution is -2.21. The summed E-state index contributed by atoms with van der Waals surface area (Å²) < 4.78 is 5.55. The Morgan fingerprint density at radius 3 is 2.95 bits per heavy atom. The lowest BCUT2D eigenvalue weighted by molar-refractivity contribution is 0.357. The SMILES string of the molecule is Cc1cccc([C@@H](C)NCCc2ccc3c(c2)CCO3)c1. The maximum Gasteiger partial charge on any atom is 0.122 e. The average Bonchev–Trinajstić information content (AvgIpc) is 2.94. The molecule has 3 rings (SSSR count). The molecule has 1 heterocycles. The molecule has 2 aromatic carbocycles. The Morgan fingerprint density at radius 1 is 1.19 bits per heavy atom. The molecule has 0 spiro atoms. The fraction of sp³-hybridized carbons (Fsp3) is 0.368. The summed E-state index contributed by atoms with van der Waals surface area (Å²) in [4.78, 5) is 0. The zero-order chi connectivity index (χ0) is 14.7. The standard InChI is InChI=1S/C19H23NO/c1-14-4-3-5-17(12-14)15(2)20-10-8-16-6-7-19-18(13-16)9-11-21-19/h3-7,12-13,15,20H,8-11H2,1-2H3/t15-/m1/s1. The highest BCUT2D eigenvalue weighted by Crippen LogP contribution is 2.26. The van der Waals surface area contributed by atoms with E-state index in [1.165, 1.54) is 22.3 Å². The van der Waals surface area contributed by atoms with Gasteiger partial charge in [-0.2, -0.15) is 0 Å². The molecular weight excluding hydrogens is 258 g/mol. The van der Waals surface area contributed by atoms with Crippen LogP contribution in [0, 0.1) is 6.92 Å². The van der Waals surface area contributed by atoms with E-state index in [9.17, 15) is 0 Å². The summed E-state index contributed by atoms with van der Waals surface area (Å²) in [5.41, 5.74) is 5.43. The second kappa shape index (κ2) is 6.31. The molecule has 0 saturated carbocycles. The molecule has 1 aliphatic rings. The largest absolute Gasteiger partial charge is 0.493 e. The van der Waals surface area contributed by atoms with Crippen LogP contribution < -0.4 is 10.1 Å². The summed E-state index contributed by atoms with van der Waals surface area (Å²) in [6, 6.07) is 15.7. The molecule has 21 heavy (non-hydrogen) atoms. The monoisotopic (exact) mass is 281 g/mol. The molecule has 2 aromatic rings. The summed E-state index contributed by atoms with van der Waals surface area (Å²) in [7, 11) is 0. The van der Waals surface area contributed by atoms with E-state index in [0.29, 0.717) is 6.04 Å². The first kappa shape index (κ1) is 14.2. The Balaban J connectivity index is 1.54. The molecule has 0 fully saturated rings. The van der Waals surface area contributed by atoms with E-state index >= 15 is 0 Å². The van der Waals surface area contributed by atoms with Crippen LogP contribution in [0.1, 0.15) is 35.2 Å². The van der Waals surface area contributed by atoms with Gasteiger partial charge in [-0.25, -0.2) is 0 Å². The van der Waals surface area contributed by atoms with E-state index in [-0.39, 0.29) is 0 Å². The molecule has 1 aliphatic heterocycles. The van der Waals surface area contributed by atoms with Crippen molar-refractivity contribution in [1.82, 2.24) is 5.32 Å². The number of hydrogen-bond acceptors (Lipinski definition) is 2. The minimum atomic E-state index is 0.391. The molecule has 2 heteroatoms. The summed E-state index contributed by atoms with van der Waals surface area (Å²) in [5, 5.41) is 3.61. The van der Waals surface area contributed by atoms with Crippen LogP contribution in [0.5, 0.6) is 5.75 Å². The molecular formula is C19H23NO. The van der Waals surface area contributed by atoms with Crippen molar-refractivity contribution in [2.45, 2.75) is 32.7 Å². The van der Waals surface area contributed by atoms with Crippen molar-refractivity contribution < 1.29 is 4.74 Å². The van der Waals surface area contributed by atoms with E-state index in [2.05, 4.69) is 61.6 Å². The van der Waals surface area contributed by atoms with E-state index in [0.717, 1.165) is 31.7 Å². The number of hydrogen-bond donors (Lipinski definition) is 1. The van der Waals surface area contributed by atoms with Crippen molar-refractivity contribution in [2.24, 2.45) is 0 Å². The number of nitrogens with one attached hydrogen (secondary N) is 1. The second-order valence-electron chi connectivity index (χ2n) is 5.88. The maximum absolute atomic E-state index is 5.55. The number of benzene rings is 2. The van der Waals surface area contributed by atoms with Crippen molar-refractivity contribution in [3.05, 3.63) is 64.7 Å². The topological polar surface area (TPSA) is 21.3 Å². The highest BCUT2D eigenvalue weighted by molar-refractivity contribution is 5.39. The predicted octanol–water partition coefficient (Wildman–Crippen LogP) is 3.82. The van der Waals surface area contributed by atoms with E-state index < -0.39 is 0 Å². The van der Waals surface area contributed by atoms with Crippen molar-refractivity contribution in [2.75, 3.05) is 13.2 Å². The lowest BCUT2D eigenvalue weighted by Gasteiger charge is -2.15. The zero-order valence-electron chi connectivity index (χ0n) is 12.9. The molecule has 1 atom stereocenters. The van der Waals surface area contributed by atoms with Gasteiger partial charge < -0.3 is 10.1 Å². The van der Waals surface area contributed by atoms with Gasteiger partial charge in [-0.15, -0.1) is 0 Å². The second-order valence-corrected chi connectivity index (χ2v) is 5.88. The average molecular weight is 281 g/mol. The third kappa shape index (κ3) is 3.45. The van der Waals surface area contributed by atoms with Gasteiger partial charge >= 0.3 is 0 Å². The zero-order valence-corrected chi connectivity index (χ0v) is 12.9. The molecule has 0 bridgehead atoms. The molecule has 0 unspecified atom stereocenters. The normalized spacial score (nSPS) is 14.6. The van der Waals surface area contributed by atoms with Crippen molar-refractivity contribution >= 4 is 0 Å². The fourth-order valence-electron chi connectivity index (χ4n) is 2.89. The third-order valence-electron chi connectivity index (χ3n) is 4.16. The number of ether oxygens (including phenoxy) is 1. The quantitative estimate of drug-likeness (QED) is 0.899. The Morgan fingerprint density at radius 2 is 2.10 bits per heavy atom. The Kier molecular flexibility index (Phi) is 4.26. The summed E-state index contributed by atoms with van der Waals surface area (Å²) in [5.74, 6) is 1.07. The fourth-order valence-corrected chi connectivity index (χ4v) is 2.89. The van der Waals surface area contributed by atoms with Crippen LogP contribution in [0.2, 0.25) is 0 Å². The van der Waals surface area contributed by atoms with Gasteiger partial charge in [0, 0.05) is 12.5 Å². The Bertz CT molecular complexity index is 621. The van der Waals surface area contributed by atoms with Crippen LogP contribution in [-0.2, 0) is 12.8 Å². The minimum Gasteiger partial charge on any atom is -0.493 e. The van der Waals surface area contributed by atoms with Gasteiger partial charge in [0.05, 0.1) is 6.61 Å². The van der Waals surface area contributed by atoms with Crippen LogP contribution >= 0.6 is 0 Å². The maximum atomic E-state index is 5.55. The van der Waals surface area contributed by atoms with Gasteiger partial charge in [-0.05, 0) is 49.6 Å². The van der Waals surface area contributed by atoms with Gasteiger partial charge in [-0.1, -0.05) is 42.0 Å². The highest BCUT2D eigenvalue weighted by atomic mass is 16.5. The Hall–Kier alpha value is -1.80. The first-order valence-corrected chi connectivity index (χ1v) is 7.77. The molecule has 110 valence electrons. The first-order chi connectivity index (χ1) is 10.2. The van der Waals surface area contributed by atoms with Crippen LogP contribution in [0.25, 0.3) is 0 Å². The van der Waals surface area contributed by atoms with E-state index in [1.54, 1.807) is 0 Å². The van der Waals surface area contributed by atoms with Crippen LogP contribution in [0.4, 0.5) is 0 Å². The molecule has 2 nitrogen and oxygen atoms in total. The molecule has 0 aromatic heterocycles. The van der Waals surface area contributed by atoms with Crippen molar-refractivity contribution in [1.29, 1.82) is 0 Å². The van der Waals surface area contributed by atoms with E-state index in [1.807, 2.05) is 0 Å². The summed E-state index contributed by atoms with van der Waals surface area (Å²) >= 11 is 0. The van der Waals surface area contributed by atoms with Gasteiger partial charge in [0.25, 0.3) is 0 Å². The molecule has 0 aliphatic carbocycles. The van der Waals surface area contributed by atoms with Gasteiger partial charge in [0.15, 0.2) is 0 Å². The van der Waals surface area contributed by atoms with Crippen LogP contribution in [0.3, 0.4) is 0 Å². The lowest BCUT2D eigenvalue weighted by atomic mass is 10.0. The molecule has 1 N–H and O–H groups in total. The first-order valence-electron chi connectivity index (χ1n) is 7.77. The third-order valence-corrected chi connectivity index (χ3v) is 4.16. The summed E-state index contributed by atoms with van der Waals surface area (Å²) in [6.45, 7) is 6.20. The van der Waals surface area contributed by atoms with Gasteiger partial charge in [0.1, 0.15) is 5.75 Å². The van der Waals surface area contributed by atoms with Crippen LogP contribution in [-0.4, -0.2) is 13.2 Å².